The van der Waals surface area contributed by atoms with Gasteiger partial charge in [-0.25, -0.2) is 49.8 Å². The SMILES string of the molecule is CC(C)C(=O)Nc1cncc(-c2cnc3n[nH]c(-c4nc5ccccc5[nH]4)c3c2)c1.CC(C)CC(=O)Nc1cncc(-c2cnc3n[nH]c(-c4nc5ccccc5[nH]4)c3c2)c1.Cc1ccncc1-c1cnc2n[nH]c(-c3nc4ccccc4[nH]3)c2c1.Nc1nccc(-c2cnc3n[nH]c(-c4nc5ccccc5[nH]4)c3c2)n1. The normalized spacial score (nSPS) is 11.4. The van der Waals surface area contributed by atoms with Crippen LogP contribution in [-0.4, -0.2) is 137 Å². The number of nitrogen functional groups attached to an aromatic ring is 1. The molecule has 0 aliphatic rings. The molecule has 0 saturated heterocycles. The standard InChI is InChI=1S/C23H21N7O.C22H19N7O.C19H14N6.C17H12N8/c1-13(2)7-20(31)26-16-8-14(10-24-12-16)15-9-17-21(29-30-22(17)25-11-15)23-27-18-5-3-4-6-19(18)28-23;1-12(2)22(30)25-15-7-13(9-23-11-15)14-8-16-19(28-29-20(16)24-10-14)21-26-17-5-3-4-6-18(17)27-21;1-11-6-7-20-10-14(11)12-8-13-17(24-25-18(13)21-9-12)19-22-15-4-2-3-5-16(15)23-19;18-17-19-6-5-11(23-17)9-7-10-14(24-25-15(10)20-8-9)16-21-12-3-1-2-4-13(12)22-16/h3-6,8-13H,7H2,1-2H3,(H,26,31)(H,27,28)(H,25,29,30);3-12H,1-2H3,(H,25,30)(H,26,27)(H,24,28,29);2-10H,1H3,(H,22,23)(H,21,24,25);1-8H,(H,21,22)(H2,18,19,23)(H,20,24,25). The van der Waals surface area contributed by atoms with Crippen LogP contribution in [0.2, 0.25) is 0 Å². The zero-order valence-corrected chi connectivity index (χ0v) is 60.1. The van der Waals surface area contributed by atoms with Crippen molar-refractivity contribution in [1.82, 2.24) is 126 Å². The number of nitrogens with two attached hydrogens (primary N) is 1. The van der Waals surface area contributed by atoms with Crippen LogP contribution in [0.3, 0.4) is 0 Å². The number of para-hydroxylation sites is 8. The van der Waals surface area contributed by atoms with Crippen LogP contribution in [0.15, 0.2) is 214 Å². The second-order valence-corrected chi connectivity index (χ2v) is 26.9. The molecule has 0 radical (unpaired) electrons. The van der Waals surface area contributed by atoms with E-state index in [2.05, 4.69) is 149 Å². The molecule has 16 aromatic heterocycles. The number of carbonyl (C=O) groups is 2. The number of rotatable bonds is 13. The molecule has 30 heteroatoms. The number of pyridine rings is 7. The molecule has 30 nitrogen and oxygen atoms in total. The predicted molar refractivity (Wildman–Crippen MR) is 427 cm³/mol. The summed E-state index contributed by atoms with van der Waals surface area (Å²) in [6.45, 7) is 9.79. The molecular formula is C81H66N28O2. The highest BCUT2D eigenvalue weighted by atomic mass is 16.2. The second-order valence-electron chi connectivity index (χ2n) is 26.9. The summed E-state index contributed by atoms with van der Waals surface area (Å²) in [4.78, 5) is 94.8. The van der Waals surface area contributed by atoms with Gasteiger partial charge in [-0.2, -0.15) is 20.4 Å². The van der Waals surface area contributed by atoms with Gasteiger partial charge in [-0.05, 0) is 115 Å². The van der Waals surface area contributed by atoms with Crippen LogP contribution in [0.5, 0.6) is 0 Å². The number of hydrogen-bond donors (Lipinski definition) is 11. The van der Waals surface area contributed by atoms with Crippen LogP contribution in [0.1, 0.15) is 39.7 Å². The topological polar surface area (TPSA) is 430 Å². The highest BCUT2D eigenvalue weighted by Gasteiger charge is 2.21. The maximum Gasteiger partial charge on any atom is 0.226 e. The van der Waals surface area contributed by atoms with Gasteiger partial charge in [0.25, 0.3) is 0 Å². The van der Waals surface area contributed by atoms with E-state index >= 15 is 0 Å². The highest BCUT2D eigenvalue weighted by Crippen LogP contribution is 2.35. The Labute approximate surface area is 628 Å². The maximum atomic E-state index is 12.1. The molecule has 0 aliphatic heterocycles. The maximum absolute atomic E-state index is 12.1. The van der Waals surface area contributed by atoms with Gasteiger partial charge >= 0.3 is 0 Å². The van der Waals surface area contributed by atoms with Crippen LogP contribution in [-0.2, 0) is 9.59 Å². The van der Waals surface area contributed by atoms with Crippen LogP contribution >= 0.6 is 0 Å². The molecule has 0 aliphatic carbocycles. The summed E-state index contributed by atoms with van der Waals surface area (Å²) in [5.74, 6) is 3.21. The van der Waals surface area contributed by atoms with E-state index in [0.717, 1.165) is 139 Å². The summed E-state index contributed by atoms with van der Waals surface area (Å²) >= 11 is 0. The van der Waals surface area contributed by atoms with E-state index in [9.17, 15) is 9.59 Å². The fourth-order valence-corrected chi connectivity index (χ4v) is 12.7. The molecule has 0 atom stereocenters. The number of benzene rings is 4. The molecule has 20 aromatic rings. The fourth-order valence-electron chi connectivity index (χ4n) is 12.7. The number of aryl methyl sites for hydroxylation is 1. The minimum atomic E-state index is -0.107. The number of nitrogens with one attached hydrogen (secondary N) is 10. The number of imidazole rings is 4. The van der Waals surface area contributed by atoms with Crippen molar-refractivity contribution in [3.63, 3.8) is 0 Å². The van der Waals surface area contributed by atoms with E-state index in [4.69, 9.17) is 5.73 Å². The van der Waals surface area contributed by atoms with Crippen molar-refractivity contribution in [3.05, 3.63) is 219 Å². The Bertz CT molecular complexity index is 6720. The summed E-state index contributed by atoms with van der Waals surface area (Å²) in [6.07, 6.45) is 19.6. The van der Waals surface area contributed by atoms with Crippen molar-refractivity contribution in [2.75, 3.05) is 16.4 Å². The van der Waals surface area contributed by atoms with Gasteiger partial charge in [0, 0.05) is 107 Å². The van der Waals surface area contributed by atoms with Crippen molar-refractivity contribution < 1.29 is 9.59 Å². The summed E-state index contributed by atoms with van der Waals surface area (Å²) in [5.41, 5.74) is 28.3. The third-order valence-corrected chi connectivity index (χ3v) is 18.3. The second kappa shape index (κ2) is 29.5. The molecule has 0 bridgehead atoms. The zero-order chi connectivity index (χ0) is 75.6. The summed E-state index contributed by atoms with van der Waals surface area (Å²) in [5, 5.41) is 38.6. The molecule has 4 aromatic carbocycles. The van der Waals surface area contributed by atoms with E-state index in [0.29, 0.717) is 69.5 Å². The Balaban J connectivity index is 0.000000108. The van der Waals surface area contributed by atoms with Crippen LogP contribution in [0, 0.1) is 18.8 Å². The Morgan fingerprint density at radius 3 is 1.19 bits per heavy atom. The quantitative estimate of drug-likeness (QED) is 0.0511. The van der Waals surface area contributed by atoms with Gasteiger partial charge in [0.1, 0.15) is 22.8 Å². The van der Waals surface area contributed by atoms with E-state index in [1.165, 1.54) is 0 Å². The molecule has 0 fully saturated rings. The first-order chi connectivity index (χ1) is 54.2. The molecule has 0 spiro atoms. The average molecular weight is 1460 g/mol. The summed E-state index contributed by atoms with van der Waals surface area (Å²) in [6, 6.07) is 47.2. The molecule has 2 amide bonds. The molecule has 0 saturated carbocycles. The van der Waals surface area contributed by atoms with Gasteiger partial charge in [-0.3, -0.25) is 44.9 Å². The monoisotopic (exact) mass is 1460 g/mol. The predicted octanol–water partition coefficient (Wildman–Crippen LogP) is 15.1. The third-order valence-electron chi connectivity index (χ3n) is 18.3. The van der Waals surface area contributed by atoms with E-state index in [1.54, 1.807) is 61.8 Å². The smallest absolute Gasteiger partial charge is 0.226 e. The van der Waals surface area contributed by atoms with E-state index < -0.39 is 0 Å². The van der Waals surface area contributed by atoms with Crippen molar-refractivity contribution in [2.24, 2.45) is 11.8 Å². The van der Waals surface area contributed by atoms with Crippen molar-refractivity contribution >= 4 is 117 Å². The Kier molecular flexibility index (Phi) is 18.2. The molecule has 542 valence electrons. The number of amides is 2. The van der Waals surface area contributed by atoms with Gasteiger partial charge in [-0.15, -0.1) is 0 Å². The number of H-pyrrole nitrogens is 8. The van der Waals surface area contributed by atoms with Gasteiger partial charge in [0.05, 0.1) is 95.1 Å². The number of hydrogen-bond acceptors (Lipinski definition) is 20. The first-order valence-corrected chi connectivity index (χ1v) is 35.4. The summed E-state index contributed by atoms with van der Waals surface area (Å²) < 4.78 is 0. The third kappa shape index (κ3) is 14.3. The van der Waals surface area contributed by atoms with E-state index in [-0.39, 0.29) is 23.7 Å². The number of aromatic amines is 8. The molecule has 0 unspecified atom stereocenters. The van der Waals surface area contributed by atoms with Crippen LogP contribution < -0.4 is 16.4 Å². The lowest BCUT2D eigenvalue weighted by Gasteiger charge is -2.09. The Morgan fingerprint density at radius 1 is 0.396 bits per heavy atom. The lowest BCUT2D eigenvalue weighted by molar-refractivity contribution is -0.119. The number of nitrogens with zero attached hydrogens (tertiary/aromatic N) is 17. The number of carbonyl (C=O) groups excluding carboxylic acids is 2. The Hall–Kier alpha value is -15.5. The highest BCUT2D eigenvalue weighted by molar-refractivity contribution is 5.99. The molecule has 111 heavy (non-hydrogen) atoms. The van der Waals surface area contributed by atoms with Gasteiger partial charge in [0.15, 0.2) is 45.9 Å². The molecule has 12 N–H and O–H groups in total. The zero-order valence-electron chi connectivity index (χ0n) is 60.1. The van der Waals surface area contributed by atoms with Gasteiger partial charge < -0.3 is 36.3 Å². The van der Waals surface area contributed by atoms with Crippen LogP contribution in [0.4, 0.5) is 17.3 Å². The lowest BCUT2D eigenvalue weighted by atomic mass is 10.0. The number of aromatic nitrogens is 25. The van der Waals surface area contributed by atoms with Crippen LogP contribution in [0.25, 0.3) is 179 Å². The first-order valence-electron chi connectivity index (χ1n) is 35.4. The van der Waals surface area contributed by atoms with E-state index in [1.807, 2.05) is 174 Å². The molecule has 16 heterocycles. The van der Waals surface area contributed by atoms with Gasteiger partial charge in [0.2, 0.25) is 17.8 Å². The first kappa shape index (κ1) is 68.6. The van der Waals surface area contributed by atoms with Crippen molar-refractivity contribution in [3.8, 4) is 90.7 Å². The number of anilines is 3. The minimum absolute atomic E-state index is 0.0236. The van der Waals surface area contributed by atoms with Gasteiger partial charge in [-0.1, -0.05) is 76.2 Å². The summed E-state index contributed by atoms with van der Waals surface area (Å²) in [7, 11) is 0. The molecule has 20 rings (SSSR count). The van der Waals surface area contributed by atoms with Crippen molar-refractivity contribution in [2.45, 2.75) is 41.0 Å². The number of fused-ring (bicyclic) bond motifs is 8. The lowest BCUT2D eigenvalue weighted by Crippen LogP contribution is -2.17. The van der Waals surface area contributed by atoms with Crippen molar-refractivity contribution in [1.29, 1.82) is 0 Å². The average Bonchev–Trinajstić information content (AvgIpc) is 1.65. The largest absolute Gasteiger partial charge is 0.368 e. The fraction of sp³-hybridized carbons (Fsp3) is 0.0988. The Morgan fingerprint density at radius 2 is 0.784 bits per heavy atom. The molecular weight excluding hydrogens is 1400 g/mol. The minimum Gasteiger partial charge on any atom is -0.368 e.